The van der Waals surface area contributed by atoms with Crippen LogP contribution >= 0.6 is 7.82 Å². The van der Waals surface area contributed by atoms with Crippen molar-refractivity contribution in [1.29, 1.82) is 0 Å². The van der Waals surface area contributed by atoms with Crippen LogP contribution in [0.3, 0.4) is 0 Å². The molecule has 3 N–H and O–H groups in total. The summed E-state index contributed by atoms with van der Waals surface area (Å²) in [5.41, 5.74) is 2.50. The van der Waals surface area contributed by atoms with Crippen LogP contribution in [0, 0.1) is 0 Å². The van der Waals surface area contributed by atoms with E-state index < -0.39 is 7.82 Å². The molecular weight excluding hydrogens is 327 g/mol. The SMILES string of the molecule is C=CCc1ccc(-c2ccc(CC=C)cc2OP(=O)(O)O)c(O)c1. The minimum atomic E-state index is -4.73. The Balaban J connectivity index is 2.53. The third-order valence-corrected chi connectivity index (χ3v) is 3.81. The number of hydrogen-bond donors (Lipinski definition) is 3. The fourth-order valence-electron chi connectivity index (χ4n) is 2.39. The van der Waals surface area contributed by atoms with Gasteiger partial charge in [0.05, 0.1) is 0 Å². The number of phenols is 1. The van der Waals surface area contributed by atoms with Crippen molar-refractivity contribution in [2.45, 2.75) is 12.8 Å². The van der Waals surface area contributed by atoms with Gasteiger partial charge in [-0.3, -0.25) is 9.79 Å². The van der Waals surface area contributed by atoms with E-state index in [1.54, 1.807) is 36.4 Å². The molecular formula is C18H19O5P. The van der Waals surface area contributed by atoms with Gasteiger partial charge in [-0.05, 0) is 36.1 Å². The van der Waals surface area contributed by atoms with Crippen LogP contribution in [0.15, 0.2) is 61.7 Å². The van der Waals surface area contributed by atoms with Gasteiger partial charge >= 0.3 is 7.82 Å². The highest BCUT2D eigenvalue weighted by Gasteiger charge is 2.20. The van der Waals surface area contributed by atoms with Crippen LogP contribution in [0.25, 0.3) is 11.1 Å². The lowest BCUT2D eigenvalue weighted by Gasteiger charge is -2.15. The first-order valence-corrected chi connectivity index (χ1v) is 8.79. The van der Waals surface area contributed by atoms with Gasteiger partial charge in [0.2, 0.25) is 0 Å². The minimum absolute atomic E-state index is 0.00128. The fraction of sp³-hybridized carbons (Fsp3) is 0.111. The summed E-state index contributed by atoms with van der Waals surface area (Å²) in [4.78, 5) is 18.3. The van der Waals surface area contributed by atoms with Crippen molar-refractivity contribution in [3.05, 3.63) is 72.8 Å². The Kier molecular flexibility index (Phi) is 5.62. The molecule has 0 unspecified atom stereocenters. The molecule has 2 rings (SSSR count). The molecule has 0 aliphatic rings. The molecule has 0 aliphatic carbocycles. The average Bonchev–Trinajstić information content (AvgIpc) is 2.47. The molecule has 2 aromatic rings. The van der Waals surface area contributed by atoms with E-state index in [4.69, 9.17) is 14.3 Å². The van der Waals surface area contributed by atoms with Crippen molar-refractivity contribution in [2.24, 2.45) is 0 Å². The highest BCUT2D eigenvalue weighted by atomic mass is 31.2. The molecule has 5 nitrogen and oxygen atoms in total. The highest BCUT2D eigenvalue weighted by Crippen LogP contribution is 2.44. The molecule has 0 saturated heterocycles. The van der Waals surface area contributed by atoms with Crippen LogP contribution in [0.2, 0.25) is 0 Å². The van der Waals surface area contributed by atoms with Crippen molar-refractivity contribution in [3.63, 3.8) is 0 Å². The number of benzene rings is 2. The van der Waals surface area contributed by atoms with E-state index in [2.05, 4.69) is 13.2 Å². The van der Waals surface area contributed by atoms with Gasteiger partial charge in [0.1, 0.15) is 11.5 Å². The largest absolute Gasteiger partial charge is 0.524 e. The van der Waals surface area contributed by atoms with Gasteiger partial charge in [-0.1, -0.05) is 36.4 Å². The lowest BCUT2D eigenvalue weighted by atomic mass is 9.98. The summed E-state index contributed by atoms with van der Waals surface area (Å²) < 4.78 is 16.1. The zero-order valence-electron chi connectivity index (χ0n) is 13.1. The monoisotopic (exact) mass is 346 g/mol. The van der Waals surface area contributed by atoms with Crippen LogP contribution in [0.4, 0.5) is 0 Å². The van der Waals surface area contributed by atoms with E-state index in [1.807, 2.05) is 6.07 Å². The maximum atomic E-state index is 11.3. The maximum Gasteiger partial charge on any atom is 0.524 e. The first-order chi connectivity index (χ1) is 11.3. The van der Waals surface area contributed by atoms with Gasteiger partial charge in [0.15, 0.2) is 0 Å². The van der Waals surface area contributed by atoms with Gasteiger partial charge in [0.25, 0.3) is 0 Å². The number of phosphoric ester groups is 1. The Morgan fingerprint density at radius 2 is 1.50 bits per heavy atom. The summed E-state index contributed by atoms with van der Waals surface area (Å²) >= 11 is 0. The molecule has 0 amide bonds. The van der Waals surface area contributed by atoms with E-state index in [-0.39, 0.29) is 11.5 Å². The summed E-state index contributed by atoms with van der Waals surface area (Å²) in [6, 6.07) is 10.1. The quantitative estimate of drug-likeness (QED) is 0.521. The lowest BCUT2D eigenvalue weighted by Crippen LogP contribution is -1.95. The smallest absolute Gasteiger partial charge is 0.507 e. The summed E-state index contributed by atoms with van der Waals surface area (Å²) in [5, 5.41) is 10.3. The van der Waals surface area contributed by atoms with Crippen LogP contribution in [0.5, 0.6) is 11.5 Å². The molecule has 0 aromatic heterocycles. The first kappa shape index (κ1) is 18.0. The summed E-state index contributed by atoms with van der Waals surface area (Å²) in [5.74, 6) is 0.0100. The van der Waals surface area contributed by atoms with Gasteiger partial charge in [-0.2, -0.15) is 0 Å². The van der Waals surface area contributed by atoms with Crippen molar-refractivity contribution < 1.29 is 24.0 Å². The number of phenolic OH excluding ortho intramolecular Hbond substituents is 1. The predicted octanol–water partition coefficient (Wildman–Crippen LogP) is 3.99. The molecule has 0 fully saturated rings. The third kappa shape index (κ3) is 4.59. The topological polar surface area (TPSA) is 87.0 Å². The minimum Gasteiger partial charge on any atom is -0.507 e. The Bertz CT molecular complexity index is 807. The average molecular weight is 346 g/mol. The fourth-order valence-corrected chi connectivity index (χ4v) is 2.79. The zero-order chi connectivity index (χ0) is 17.7. The van der Waals surface area contributed by atoms with Crippen molar-refractivity contribution in [3.8, 4) is 22.6 Å². The summed E-state index contributed by atoms with van der Waals surface area (Å²) in [6.45, 7) is 7.29. The second kappa shape index (κ2) is 7.49. The van der Waals surface area contributed by atoms with E-state index in [0.717, 1.165) is 11.1 Å². The summed E-state index contributed by atoms with van der Waals surface area (Å²) in [6.07, 6.45) is 4.54. The molecule has 0 bridgehead atoms. The molecule has 0 aliphatic heterocycles. The van der Waals surface area contributed by atoms with Gasteiger partial charge in [-0.15, -0.1) is 13.2 Å². The lowest BCUT2D eigenvalue weighted by molar-refractivity contribution is 0.283. The van der Waals surface area contributed by atoms with Crippen LogP contribution in [0.1, 0.15) is 11.1 Å². The molecule has 0 spiro atoms. The molecule has 0 atom stereocenters. The standard InChI is InChI=1S/C18H19O5P/c1-3-5-13-7-9-15(17(19)11-13)16-10-8-14(6-4-2)12-18(16)23-24(20,21)22/h3-4,7-12,19H,1-2,5-6H2,(H2,20,21,22). The molecule has 0 radical (unpaired) electrons. The van der Waals surface area contributed by atoms with Gasteiger partial charge in [0, 0.05) is 11.1 Å². The molecule has 0 heterocycles. The van der Waals surface area contributed by atoms with Crippen molar-refractivity contribution >= 4 is 7.82 Å². The number of phosphoric acid groups is 1. The van der Waals surface area contributed by atoms with E-state index in [0.29, 0.717) is 24.0 Å². The summed E-state index contributed by atoms with van der Waals surface area (Å²) in [7, 11) is -4.73. The molecule has 6 heteroatoms. The van der Waals surface area contributed by atoms with Gasteiger partial charge < -0.3 is 9.63 Å². The Morgan fingerprint density at radius 1 is 0.958 bits per heavy atom. The van der Waals surface area contributed by atoms with Crippen LogP contribution in [-0.2, 0) is 17.4 Å². The number of hydrogen-bond acceptors (Lipinski definition) is 3. The van der Waals surface area contributed by atoms with E-state index >= 15 is 0 Å². The number of aromatic hydroxyl groups is 1. The van der Waals surface area contributed by atoms with Crippen molar-refractivity contribution in [2.75, 3.05) is 0 Å². The zero-order valence-corrected chi connectivity index (χ0v) is 13.9. The Hall–Kier alpha value is -2.33. The first-order valence-electron chi connectivity index (χ1n) is 7.26. The maximum absolute atomic E-state index is 11.3. The Morgan fingerprint density at radius 3 is 2.00 bits per heavy atom. The van der Waals surface area contributed by atoms with Crippen LogP contribution < -0.4 is 4.52 Å². The molecule has 126 valence electrons. The van der Waals surface area contributed by atoms with Crippen LogP contribution in [-0.4, -0.2) is 14.9 Å². The second-order valence-corrected chi connectivity index (χ2v) is 6.41. The Labute approximate surface area is 140 Å². The second-order valence-electron chi connectivity index (χ2n) is 5.25. The highest BCUT2D eigenvalue weighted by molar-refractivity contribution is 7.46. The molecule has 0 saturated carbocycles. The van der Waals surface area contributed by atoms with Crippen molar-refractivity contribution in [1.82, 2.24) is 0 Å². The number of rotatable bonds is 7. The van der Waals surface area contributed by atoms with Gasteiger partial charge in [-0.25, -0.2) is 4.57 Å². The number of allylic oxidation sites excluding steroid dienone is 2. The normalized spacial score (nSPS) is 11.1. The van der Waals surface area contributed by atoms with E-state index in [1.165, 1.54) is 6.07 Å². The third-order valence-electron chi connectivity index (χ3n) is 3.38. The molecule has 2 aromatic carbocycles. The predicted molar refractivity (Wildman–Crippen MR) is 94.0 cm³/mol. The van der Waals surface area contributed by atoms with E-state index in [9.17, 15) is 9.67 Å². The molecule has 24 heavy (non-hydrogen) atoms.